The van der Waals surface area contributed by atoms with Gasteiger partial charge in [-0.25, -0.2) is 0 Å². The van der Waals surface area contributed by atoms with Crippen LogP contribution in [0.2, 0.25) is 0 Å². The molecule has 1 aliphatic rings. The molecule has 1 saturated carbocycles. The van der Waals surface area contributed by atoms with Crippen LogP contribution in [0.25, 0.3) is 0 Å². The average Bonchev–Trinajstić information content (AvgIpc) is 2.48. The second-order valence-corrected chi connectivity index (χ2v) is 5.69. The number of hydrogen-bond donors (Lipinski definition) is 1. The van der Waals surface area contributed by atoms with Gasteiger partial charge in [0.15, 0.2) is 0 Å². The van der Waals surface area contributed by atoms with Crippen LogP contribution >= 0.6 is 0 Å². The molecular formula is C16H24N2O3. The number of aromatic nitrogens is 1. The normalized spacial score (nSPS) is 22.0. The van der Waals surface area contributed by atoms with E-state index in [1.807, 2.05) is 0 Å². The Hall–Kier alpha value is -1.62. The first-order valence-corrected chi connectivity index (χ1v) is 7.70. The molecule has 1 heterocycles. The lowest BCUT2D eigenvalue weighted by molar-refractivity contribution is -0.122. The Morgan fingerprint density at radius 2 is 2.19 bits per heavy atom. The van der Waals surface area contributed by atoms with E-state index < -0.39 is 0 Å². The summed E-state index contributed by atoms with van der Waals surface area (Å²) >= 11 is 0. The Bertz CT molecular complexity index is 512. The van der Waals surface area contributed by atoms with Crippen molar-refractivity contribution in [2.45, 2.75) is 45.3 Å². The smallest absolute Gasteiger partial charge is 0.250 e. The number of nitrogens with zero attached hydrogens (tertiary/aromatic N) is 1. The number of pyridine rings is 1. The van der Waals surface area contributed by atoms with Crippen LogP contribution in [0.3, 0.4) is 0 Å². The number of carbonyl (C=O) groups is 1. The highest BCUT2D eigenvalue weighted by Gasteiger charge is 2.21. The van der Waals surface area contributed by atoms with Crippen LogP contribution in [-0.2, 0) is 16.1 Å². The van der Waals surface area contributed by atoms with Crippen LogP contribution in [0.4, 0.5) is 0 Å². The van der Waals surface area contributed by atoms with Gasteiger partial charge in [0.05, 0.1) is 12.7 Å². The lowest BCUT2D eigenvalue weighted by Crippen LogP contribution is -2.35. The largest absolute Gasteiger partial charge is 0.376 e. The second kappa shape index (κ2) is 7.98. The lowest BCUT2D eigenvalue weighted by Gasteiger charge is -2.28. The van der Waals surface area contributed by atoms with E-state index in [-0.39, 0.29) is 18.0 Å². The molecule has 1 aromatic heterocycles. The predicted molar refractivity (Wildman–Crippen MR) is 81.1 cm³/mol. The first-order valence-electron chi connectivity index (χ1n) is 7.70. The van der Waals surface area contributed by atoms with Gasteiger partial charge in [-0.15, -0.1) is 0 Å². The third-order valence-corrected chi connectivity index (χ3v) is 4.00. The van der Waals surface area contributed by atoms with Crippen molar-refractivity contribution < 1.29 is 9.53 Å². The number of carbonyl (C=O) groups excluding carboxylic acids is 1. The van der Waals surface area contributed by atoms with Crippen LogP contribution in [0, 0.1) is 5.92 Å². The quantitative estimate of drug-likeness (QED) is 0.809. The van der Waals surface area contributed by atoms with Gasteiger partial charge in [-0.05, 0) is 24.8 Å². The van der Waals surface area contributed by atoms with Crippen molar-refractivity contribution in [1.82, 2.24) is 9.88 Å². The summed E-state index contributed by atoms with van der Waals surface area (Å²) in [6.07, 6.45) is 6.82. The lowest BCUT2D eigenvalue weighted by atomic mass is 9.88. The standard InChI is InChI=1S/C16H24N2O3/c1-13-6-2-3-7-14(13)21-11-9-17-15(19)12-18-10-5-4-8-16(18)20/h4-5,8,10,13-14H,2-3,6-7,9,11-12H2,1H3,(H,17,19)/t13-,14-/m1/s1. The number of hydrogen-bond acceptors (Lipinski definition) is 3. The van der Waals surface area contributed by atoms with E-state index in [0.29, 0.717) is 25.2 Å². The first-order chi connectivity index (χ1) is 10.2. The van der Waals surface area contributed by atoms with Crippen molar-refractivity contribution in [2.75, 3.05) is 13.2 Å². The number of amides is 1. The molecule has 0 aliphatic heterocycles. The fourth-order valence-corrected chi connectivity index (χ4v) is 2.73. The molecule has 1 amide bonds. The number of ether oxygens (including phenoxy) is 1. The third-order valence-electron chi connectivity index (χ3n) is 4.00. The maximum absolute atomic E-state index is 11.8. The molecule has 116 valence electrons. The van der Waals surface area contributed by atoms with Crippen molar-refractivity contribution in [3.05, 3.63) is 34.7 Å². The van der Waals surface area contributed by atoms with Gasteiger partial charge in [-0.3, -0.25) is 9.59 Å². The molecule has 2 rings (SSSR count). The van der Waals surface area contributed by atoms with E-state index in [9.17, 15) is 9.59 Å². The molecule has 5 heteroatoms. The van der Waals surface area contributed by atoms with Gasteiger partial charge in [0.2, 0.25) is 5.91 Å². The minimum Gasteiger partial charge on any atom is -0.376 e. The molecular weight excluding hydrogens is 268 g/mol. The van der Waals surface area contributed by atoms with Gasteiger partial charge >= 0.3 is 0 Å². The molecule has 21 heavy (non-hydrogen) atoms. The molecule has 1 aromatic rings. The van der Waals surface area contributed by atoms with Gasteiger partial charge in [0.1, 0.15) is 6.54 Å². The van der Waals surface area contributed by atoms with Gasteiger partial charge in [0.25, 0.3) is 5.56 Å². The molecule has 5 nitrogen and oxygen atoms in total. The topological polar surface area (TPSA) is 60.3 Å². The zero-order valence-corrected chi connectivity index (χ0v) is 12.6. The molecule has 0 spiro atoms. The summed E-state index contributed by atoms with van der Waals surface area (Å²) in [5, 5.41) is 2.79. The Morgan fingerprint density at radius 3 is 2.95 bits per heavy atom. The van der Waals surface area contributed by atoms with Gasteiger partial charge < -0.3 is 14.6 Å². The Labute approximate surface area is 125 Å². The van der Waals surface area contributed by atoms with Crippen molar-refractivity contribution in [3.63, 3.8) is 0 Å². The van der Waals surface area contributed by atoms with Crippen LogP contribution in [0.1, 0.15) is 32.6 Å². The highest BCUT2D eigenvalue weighted by molar-refractivity contribution is 5.75. The molecule has 0 bridgehead atoms. The molecule has 0 saturated heterocycles. The van der Waals surface area contributed by atoms with E-state index in [0.717, 1.165) is 6.42 Å². The summed E-state index contributed by atoms with van der Waals surface area (Å²) in [4.78, 5) is 23.2. The monoisotopic (exact) mass is 292 g/mol. The van der Waals surface area contributed by atoms with Crippen molar-refractivity contribution in [2.24, 2.45) is 5.92 Å². The van der Waals surface area contributed by atoms with Gasteiger partial charge in [-0.2, -0.15) is 0 Å². The van der Waals surface area contributed by atoms with E-state index in [1.54, 1.807) is 18.3 Å². The van der Waals surface area contributed by atoms with E-state index in [1.165, 1.54) is 29.9 Å². The summed E-state index contributed by atoms with van der Waals surface area (Å²) in [7, 11) is 0. The van der Waals surface area contributed by atoms with Crippen LogP contribution in [0.15, 0.2) is 29.2 Å². The molecule has 1 N–H and O–H groups in total. The minimum atomic E-state index is -0.167. The summed E-state index contributed by atoms with van der Waals surface area (Å²) in [6, 6.07) is 4.85. The Morgan fingerprint density at radius 1 is 1.38 bits per heavy atom. The summed E-state index contributed by atoms with van der Waals surface area (Å²) in [5.74, 6) is 0.445. The highest BCUT2D eigenvalue weighted by Crippen LogP contribution is 2.25. The van der Waals surface area contributed by atoms with E-state index in [2.05, 4.69) is 12.2 Å². The molecule has 0 unspecified atom stereocenters. The van der Waals surface area contributed by atoms with Crippen LogP contribution < -0.4 is 10.9 Å². The van der Waals surface area contributed by atoms with Crippen molar-refractivity contribution in [3.8, 4) is 0 Å². The Kier molecular flexibility index (Phi) is 5.99. The van der Waals surface area contributed by atoms with Gasteiger partial charge in [0, 0.05) is 18.8 Å². The molecule has 0 radical (unpaired) electrons. The first kappa shape index (κ1) is 15.8. The molecule has 2 atom stereocenters. The number of nitrogens with one attached hydrogen (secondary N) is 1. The zero-order valence-electron chi connectivity index (χ0n) is 12.6. The van der Waals surface area contributed by atoms with Crippen LogP contribution in [0.5, 0.6) is 0 Å². The maximum atomic E-state index is 11.8. The summed E-state index contributed by atoms with van der Waals surface area (Å²) in [5.41, 5.74) is -0.167. The fraction of sp³-hybridized carbons (Fsp3) is 0.625. The summed E-state index contributed by atoms with van der Waals surface area (Å²) < 4.78 is 7.22. The minimum absolute atomic E-state index is 0.0551. The number of rotatable bonds is 6. The van der Waals surface area contributed by atoms with Crippen LogP contribution in [-0.4, -0.2) is 29.7 Å². The average molecular weight is 292 g/mol. The maximum Gasteiger partial charge on any atom is 0.250 e. The molecule has 1 fully saturated rings. The fourth-order valence-electron chi connectivity index (χ4n) is 2.73. The SMILES string of the molecule is C[C@@H]1CCCC[C@H]1OCCNC(=O)Cn1ccccc1=O. The Balaban J connectivity index is 1.65. The molecule has 1 aliphatic carbocycles. The summed E-state index contributed by atoms with van der Waals surface area (Å²) in [6.45, 7) is 3.30. The van der Waals surface area contributed by atoms with Gasteiger partial charge in [-0.1, -0.05) is 25.8 Å². The highest BCUT2D eigenvalue weighted by atomic mass is 16.5. The van der Waals surface area contributed by atoms with Crippen molar-refractivity contribution >= 4 is 5.91 Å². The predicted octanol–water partition coefficient (Wildman–Crippen LogP) is 1.56. The van der Waals surface area contributed by atoms with E-state index in [4.69, 9.17) is 4.74 Å². The third kappa shape index (κ3) is 5.01. The molecule has 0 aromatic carbocycles. The second-order valence-electron chi connectivity index (χ2n) is 5.69. The van der Waals surface area contributed by atoms with Crippen molar-refractivity contribution in [1.29, 1.82) is 0 Å². The zero-order chi connectivity index (χ0) is 15.1. The van der Waals surface area contributed by atoms with E-state index >= 15 is 0 Å².